The number of rotatable bonds is 6. The summed E-state index contributed by atoms with van der Waals surface area (Å²) < 4.78 is 13.2. The van der Waals surface area contributed by atoms with E-state index in [1.165, 1.54) is 12.1 Å². The van der Waals surface area contributed by atoms with Crippen LogP contribution in [0.25, 0.3) is 0 Å². The van der Waals surface area contributed by atoms with Crippen LogP contribution in [0, 0.1) is 23.1 Å². The highest BCUT2D eigenvalue weighted by atomic mass is 19.1. The van der Waals surface area contributed by atoms with Crippen molar-refractivity contribution in [3.8, 4) is 6.07 Å². The summed E-state index contributed by atoms with van der Waals surface area (Å²) in [5.74, 6) is 1.99. The van der Waals surface area contributed by atoms with Gasteiger partial charge in [0.1, 0.15) is 23.3 Å². The Hall–Kier alpha value is -3.80. The highest BCUT2D eigenvalue weighted by Crippen LogP contribution is 2.27. The van der Waals surface area contributed by atoms with Crippen LogP contribution in [0.2, 0.25) is 0 Å². The molecule has 0 radical (unpaired) electrons. The van der Waals surface area contributed by atoms with Crippen LogP contribution >= 0.6 is 0 Å². The van der Waals surface area contributed by atoms with Crippen LogP contribution in [-0.4, -0.2) is 33.0 Å². The average molecular weight is 390 g/mol. The van der Waals surface area contributed by atoms with E-state index in [-0.39, 0.29) is 17.8 Å². The van der Waals surface area contributed by atoms with Crippen molar-refractivity contribution < 1.29 is 4.39 Å². The lowest BCUT2D eigenvalue weighted by molar-refractivity contribution is 0.499. The number of hydrogen-bond donors (Lipinski definition) is 2. The van der Waals surface area contributed by atoms with Crippen molar-refractivity contribution >= 4 is 23.4 Å². The quantitative estimate of drug-likeness (QED) is 0.661. The molecule has 0 unspecified atom stereocenters. The van der Waals surface area contributed by atoms with E-state index in [1.54, 1.807) is 30.7 Å². The predicted molar refractivity (Wildman–Crippen MR) is 107 cm³/mol. The van der Waals surface area contributed by atoms with Gasteiger partial charge in [0.2, 0.25) is 5.95 Å². The third-order valence-corrected chi connectivity index (χ3v) is 4.64. The van der Waals surface area contributed by atoms with Gasteiger partial charge in [0.25, 0.3) is 0 Å². The molecule has 3 aromatic rings. The van der Waals surface area contributed by atoms with E-state index in [0.717, 1.165) is 5.56 Å². The number of halogens is 1. The lowest BCUT2D eigenvalue weighted by Crippen LogP contribution is -2.46. The van der Waals surface area contributed by atoms with Crippen LogP contribution in [0.15, 0.2) is 48.9 Å². The Bertz CT molecular complexity index is 1010. The van der Waals surface area contributed by atoms with Crippen LogP contribution in [0.4, 0.5) is 27.8 Å². The number of benzene rings is 1. The number of nitrogens with one attached hydrogen (secondary N) is 2. The Morgan fingerprint density at radius 3 is 2.66 bits per heavy atom. The minimum Gasteiger partial charge on any atom is -0.354 e. The van der Waals surface area contributed by atoms with Gasteiger partial charge in [-0.2, -0.15) is 15.2 Å². The van der Waals surface area contributed by atoms with Crippen molar-refractivity contribution in [3.63, 3.8) is 0 Å². The first kappa shape index (κ1) is 18.6. The van der Waals surface area contributed by atoms with Crippen molar-refractivity contribution in [2.75, 3.05) is 28.6 Å². The van der Waals surface area contributed by atoms with Crippen LogP contribution in [-0.2, 0) is 0 Å². The second-order valence-electron chi connectivity index (χ2n) is 6.80. The molecule has 1 fully saturated rings. The largest absolute Gasteiger partial charge is 0.354 e. The van der Waals surface area contributed by atoms with Crippen LogP contribution in [0.3, 0.4) is 0 Å². The van der Waals surface area contributed by atoms with Gasteiger partial charge in [-0.15, -0.1) is 0 Å². The van der Waals surface area contributed by atoms with Crippen LogP contribution in [0.5, 0.6) is 0 Å². The smallest absolute Gasteiger partial charge is 0.227 e. The molecule has 1 aliphatic rings. The fourth-order valence-electron chi connectivity index (χ4n) is 3.00. The third kappa shape index (κ3) is 4.38. The van der Waals surface area contributed by atoms with Gasteiger partial charge in [-0.05, 0) is 24.6 Å². The van der Waals surface area contributed by atoms with E-state index < -0.39 is 0 Å². The molecule has 2 aromatic heterocycles. The summed E-state index contributed by atoms with van der Waals surface area (Å²) in [6.07, 6.45) is 4.79. The average Bonchev–Trinajstić information content (AvgIpc) is 2.68. The predicted octanol–water partition coefficient (Wildman–Crippen LogP) is 3.28. The lowest BCUT2D eigenvalue weighted by atomic mass is 10.0. The zero-order valence-electron chi connectivity index (χ0n) is 15.7. The van der Waals surface area contributed by atoms with Gasteiger partial charge < -0.3 is 15.5 Å². The van der Waals surface area contributed by atoms with Gasteiger partial charge >= 0.3 is 0 Å². The van der Waals surface area contributed by atoms with Crippen molar-refractivity contribution in [3.05, 3.63) is 60.3 Å². The Morgan fingerprint density at radius 2 is 1.97 bits per heavy atom. The SMILES string of the molecule is C[C@H](Nc1nc(Nc2cnccn2)cc(N2CC(C#N)C2)n1)c1ccc(F)cc1. The first-order valence-electron chi connectivity index (χ1n) is 9.19. The van der Waals surface area contributed by atoms with Crippen molar-refractivity contribution in [1.29, 1.82) is 5.26 Å². The number of nitrogens with zero attached hydrogens (tertiary/aromatic N) is 6. The number of hydrogen-bond acceptors (Lipinski definition) is 8. The van der Waals surface area contributed by atoms with Gasteiger partial charge in [0, 0.05) is 31.5 Å². The molecule has 29 heavy (non-hydrogen) atoms. The topological polar surface area (TPSA) is 103 Å². The molecule has 3 heterocycles. The molecule has 2 N–H and O–H groups in total. The monoisotopic (exact) mass is 390 g/mol. The van der Waals surface area contributed by atoms with E-state index in [2.05, 4.69) is 36.6 Å². The van der Waals surface area contributed by atoms with E-state index in [0.29, 0.717) is 36.5 Å². The number of aromatic nitrogens is 4. The van der Waals surface area contributed by atoms with Crippen LogP contribution < -0.4 is 15.5 Å². The van der Waals surface area contributed by atoms with Gasteiger partial charge in [-0.3, -0.25) is 4.98 Å². The van der Waals surface area contributed by atoms with Crippen LogP contribution in [0.1, 0.15) is 18.5 Å². The minimum atomic E-state index is -0.278. The summed E-state index contributed by atoms with van der Waals surface area (Å²) in [7, 11) is 0. The molecule has 1 atom stereocenters. The number of nitriles is 1. The Morgan fingerprint density at radius 1 is 1.17 bits per heavy atom. The summed E-state index contributed by atoms with van der Waals surface area (Å²) in [6.45, 7) is 3.21. The second kappa shape index (κ2) is 8.06. The molecule has 1 aromatic carbocycles. The molecular weight excluding hydrogens is 371 g/mol. The Labute approximate surface area is 167 Å². The molecule has 0 amide bonds. The fourth-order valence-corrected chi connectivity index (χ4v) is 3.00. The lowest BCUT2D eigenvalue weighted by Gasteiger charge is -2.36. The van der Waals surface area contributed by atoms with Gasteiger partial charge in [-0.1, -0.05) is 12.1 Å². The molecule has 0 bridgehead atoms. The van der Waals surface area contributed by atoms with Crippen molar-refractivity contribution in [2.24, 2.45) is 5.92 Å². The van der Waals surface area contributed by atoms with Crippen molar-refractivity contribution in [2.45, 2.75) is 13.0 Å². The molecule has 1 aliphatic heterocycles. The molecular formula is C20H19FN8. The van der Waals surface area contributed by atoms with E-state index in [1.807, 2.05) is 17.9 Å². The van der Waals surface area contributed by atoms with E-state index >= 15 is 0 Å². The first-order valence-corrected chi connectivity index (χ1v) is 9.19. The van der Waals surface area contributed by atoms with E-state index in [9.17, 15) is 4.39 Å². The highest BCUT2D eigenvalue weighted by Gasteiger charge is 2.28. The maximum absolute atomic E-state index is 13.2. The molecule has 146 valence electrons. The highest BCUT2D eigenvalue weighted by molar-refractivity contribution is 5.60. The summed E-state index contributed by atoms with van der Waals surface area (Å²) >= 11 is 0. The molecule has 1 saturated heterocycles. The molecule has 0 spiro atoms. The van der Waals surface area contributed by atoms with Gasteiger partial charge in [0.05, 0.1) is 24.2 Å². The van der Waals surface area contributed by atoms with Gasteiger partial charge in [-0.25, -0.2) is 9.37 Å². The second-order valence-corrected chi connectivity index (χ2v) is 6.80. The van der Waals surface area contributed by atoms with Crippen molar-refractivity contribution in [1.82, 2.24) is 19.9 Å². The molecule has 9 heteroatoms. The third-order valence-electron chi connectivity index (χ3n) is 4.64. The summed E-state index contributed by atoms with van der Waals surface area (Å²) in [6, 6.07) is 10.3. The maximum Gasteiger partial charge on any atom is 0.227 e. The zero-order chi connectivity index (χ0) is 20.2. The normalized spacial score (nSPS) is 14.6. The first-order chi connectivity index (χ1) is 14.1. The maximum atomic E-state index is 13.2. The summed E-state index contributed by atoms with van der Waals surface area (Å²) in [5.41, 5.74) is 0.914. The standard InChI is InChI=1S/C20H19FN8/c1-13(15-2-4-16(21)5-3-15)25-20-27-17(26-18-10-23-6-7-24-18)8-19(28-20)29-11-14(9-22)12-29/h2-8,10,13-14H,11-12H2,1H3,(H2,24,25,26,27,28)/t13-/m0/s1. The van der Waals surface area contributed by atoms with Gasteiger partial charge in [0.15, 0.2) is 0 Å². The number of anilines is 4. The fraction of sp³-hybridized carbons (Fsp3) is 0.250. The molecule has 4 rings (SSSR count). The zero-order valence-corrected chi connectivity index (χ0v) is 15.7. The Kier molecular flexibility index (Phi) is 5.16. The molecule has 0 saturated carbocycles. The summed E-state index contributed by atoms with van der Waals surface area (Å²) in [4.78, 5) is 19.4. The molecule has 8 nitrogen and oxygen atoms in total. The van der Waals surface area contributed by atoms with E-state index in [4.69, 9.17) is 5.26 Å². The minimum absolute atomic E-state index is 0.0101. The Balaban J connectivity index is 1.58. The molecule has 0 aliphatic carbocycles. The summed E-state index contributed by atoms with van der Waals surface area (Å²) in [5, 5.41) is 15.4.